The molecule has 1 rings (SSSR count). The Hall–Kier alpha value is -1.29. The number of carbonyl (C=O) groups excluding carboxylic acids is 1. The SMILES string of the molecule is CCOC(=O)c1ccoc1CNC(C)C. The fourth-order valence-corrected chi connectivity index (χ4v) is 1.17. The number of ether oxygens (including phenoxy) is 1. The second-order valence-corrected chi connectivity index (χ2v) is 3.51. The highest BCUT2D eigenvalue weighted by atomic mass is 16.5. The summed E-state index contributed by atoms with van der Waals surface area (Å²) in [6, 6.07) is 1.99. The molecule has 0 aliphatic heterocycles. The second-order valence-electron chi connectivity index (χ2n) is 3.51. The van der Waals surface area contributed by atoms with Gasteiger partial charge in [0.25, 0.3) is 0 Å². The molecule has 4 heteroatoms. The summed E-state index contributed by atoms with van der Waals surface area (Å²) in [6.45, 7) is 6.77. The summed E-state index contributed by atoms with van der Waals surface area (Å²) in [5.41, 5.74) is 0.505. The number of esters is 1. The smallest absolute Gasteiger partial charge is 0.341 e. The van der Waals surface area contributed by atoms with Gasteiger partial charge in [-0.3, -0.25) is 0 Å². The summed E-state index contributed by atoms with van der Waals surface area (Å²) < 4.78 is 10.1. The van der Waals surface area contributed by atoms with Gasteiger partial charge in [0.2, 0.25) is 0 Å². The van der Waals surface area contributed by atoms with Crippen molar-refractivity contribution in [1.82, 2.24) is 5.32 Å². The van der Waals surface area contributed by atoms with Gasteiger partial charge in [-0.25, -0.2) is 4.79 Å². The third-order valence-corrected chi connectivity index (χ3v) is 1.91. The molecular formula is C11H17NO3. The Balaban J connectivity index is 2.64. The van der Waals surface area contributed by atoms with Crippen molar-refractivity contribution >= 4 is 5.97 Å². The molecule has 0 spiro atoms. The first-order valence-corrected chi connectivity index (χ1v) is 5.12. The van der Waals surface area contributed by atoms with E-state index in [0.29, 0.717) is 30.5 Å². The maximum atomic E-state index is 11.5. The lowest BCUT2D eigenvalue weighted by Gasteiger charge is -2.07. The monoisotopic (exact) mass is 211 g/mol. The van der Waals surface area contributed by atoms with Gasteiger partial charge in [0, 0.05) is 6.04 Å². The second kappa shape index (κ2) is 5.56. The van der Waals surface area contributed by atoms with Gasteiger partial charge < -0.3 is 14.5 Å². The van der Waals surface area contributed by atoms with Crippen LogP contribution in [-0.2, 0) is 11.3 Å². The maximum Gasteiger partial charge on any atom is 0.341 e. The minimum absolute atomic E-state index is 0.327. The average Bonchev–Trinajstić information content (AvgIpc) is 2.62. The molecule has 0 aliphatic carbocycles. The maximum absolute atomic E-state index is 11.5. The summed E-state index contributed by atoms with van der Waals surface area (Å²) in [5.74, 6) is 0.300. The van der Waals surface area contributed by atoms with Crippen LogP contribution in [0.15, 0.2) is 16.7 Å². The number of carbonyl (C=O) groups is 1. The van der Waals surface area contributed by atoms with Crippen LogP contribution in [0.2, 0.25) is 0 Å². The predicted molar refractivity (Wildman–Crippen MR) is 56.6 cm³/mol. The minimum Gasteiger partial charge on any atom is -0.467 e. The van der Waals surface area contributed by atoms with Crippen LogP contribution in [0.3, 0.4) is 0 Å². The minimum atomic E-state index is -0.327. The average molecular weight is 211 g/mol. The highest BCUT2D eigenvalue weighted by molar-refractivity contribution is 5.90. The summed E-state index contributed by atoms with van der Waals surface area (Å²) in [7, 11) is 0. The largest absolute Gasteiger partial charge is 0.467 e. The quantitative estimate of drug-likeness (QED) is 0.756. The van der Waals surface area contributed by atoms with Crippen LogP contribution in [0, 0.1) is 0 Å². The molecule has 0 atom stereocenters. The zero-order valence-electron chi connectivity index (χ0n) is 9.37. The molecule has 0 bridgehead atoms. The van der Waals surface area contributed by atoms with E-state index < -0.39 is 0 Å². The van der Waals surface area contributed by atoms with Crippen LogP contribution in [-0.4, -0.2) is 18.6 Å². The van der Waals surface area contributed by atoms with Gasteiger partial charge in [-0.15, -0.1) is 0 Å². The van der Waals surface area contributed by atoms with Crippen LogP contribution in [0.25, 0.3) is 0 Å². The molecule has 0 saturated carbocycles. The van der Waals surface area contributed by atoms with E-state index in [2.05, 4.69) is 5.32 Å². The fraction of sp³-hybridized carbons (Fsp3) is 0.545. The van der Waals surface area contributed by atoms with E-state index in [1.165, 1.54) is 6.26 Å². The van der Waals surface area contributed by atoms with Crippen molar-refractivity contribution in [2.45, 2.75) is 33.4 Å². The molecule has 0 amide bonds. The summed E-state index contributed by atoms with van der Waals surface area (Å²) in [6.07, 6.45) is 1.50. The van der Waals surface area contributed by atoms with Gasteiger partial charge in [-0.2, -0.15) is 0 Å². The van der Waals surface area contributed by atoms with Crippen LogP contribution in [0.1, 0.15) is 36.9 Å². The van der Waals surface area contributed by atoms with Gasteiger partial charge in [0.1, 0.15) is 11.3 Å². The van der Waals surface area contributed by atoms with Crippen LogP contribution in [0.5, 0.6) is 0 Å². The van der Waals surface area contributed by atoms with Crippen molar-refractivity contribution in [3.63, 3.8) is 0 Å². The Bertz CT molecular complexity index is 317. The van der Waals surface area contributed by atoms with E-state index in [0.717, 1.165) is 0 Å². The molecule has 1 N–H and O–H groups in total. The Morgan fingerprint density at radius 3 is 2.93 bits per heavy atom. The third kappa shape index (κ3) is 3.40. The number of hydrogen-bond donors (Lipinski definition) is 1. The van der Waals surface area contributed by atoms with Crippen molar-refractivity contribution in [3.8, 4) is 0 Å². The summed E-state index contributed by atoms with van der Waals surface area (Å²) in [4.78, 5) is 11.5. The predicted octanol–water partition coefficient (Wildman–Crippen LogP) is 1.95. The standard InChI is InChI=1S/C11H17NO3/c1-4-14-11(13)9-5-6-15-10(9)7-12-8(2)3/h5-6,8,12H,4,7H2,1-3H3. The normalized spacial score (nSPS) is 10.7. The Morgan fingerprint density at radius 2 is 2.33 bits per heavy atom. The number of furan rings is 1. The lowest BCUT2D eigenvalue weighted by Crippen LogP contribution is -2.22. The van der Waals surface area contributed by atoms with Crippen molar-refractivity contribution in [1.29, 1.82) is 0 Å². The molecule has 0 saturated heterocycles. The van der Waals surface area contributed by atoms with Crippen molar-refractivity contribution < 1.29 is 13.9 Å². The lowest BCUT2D eigenvalue weighted by atomic mass is 10.2. The van der Waals surface area contributed by atoms with E-state index in [9.17, 15) is 4.79 Å². The molecule has 1 aromatic rings. The molecule has 0 aliphatic rings. The molecule has 1 aromatic heterocycles. The molecular weight excluding hydrogens is 194 g/mol. The third-order valence-electron chi connectivity index (χ3n) is 1.91. The Kier molecular flexibility index (Phi) is 4.37. The van der Waals surface area contributed by atoms with Crippen LogP contribution < -0.4 is 5.32 Å². The van der Waals surface area contributed by atoms with Gasteiger partial charge in [-0.05, 0) is 13.0 Å². The Morgan fingerprint density at radius 1 is 1.60 bits per heavy atom. The Labute approximate surface area is 89.6 Å². The van der Waals surface area contributed by atoms with E-state index in [1.54, 1.807) is 13.0 Å². The highest BCUT2D eigenvalue weighted by Crippen LogP contribution is 2.12. The molecule has 0 radical (unpaired) electrons. The summed E-state index contributed by atoms with van der Waals surface area (Å²) >= 11 is 0. The highest BCUT2D eigenvalue weighted by Gasteiger charge is 2.15. The zero-order valence-corrected chi connectivity index (χ0v) is 9.37. The van der Waals surface area contributed by atoms with Gasteiger partial charge in [0.15, 0.2) is 0 Å². The molecule has 84 valence electrons. The first-order valence-electron chi connectivity index (χ1n) is 5.12. The molecule has 15 heavy (non-hydrogen) atoms. The first kappa shape index (κ1) is 11.8. The molecule has 0 unspecified atom stereocenters. The van der Waals surface area contributed by atoms with E-state index in [-0.39, 0.29) is 5.97 Å². The molecule has 0 aromatic carbocycles. The van der Waals surface area contributed by atoms with Gasteiger partial charge in [0.05, 0.1) is 19.4 Å². The number of hydrogen-bond acceptors (Lipinski definition) is 4. The number of rotatable bonds is 5. The van der Waals surface area contributed by atoms with E-state index in [1.807, 2.05) is 13.8 Å². The van der Waals surface area contributed by atoms with Crippen LogP contribution in [0.4, 0.5) is 0 Å². The molecule has 1 heterocycles. The number of nitrogens with one attached hydrogen (secondary N) is 1. The fourth-order valence-electron chi connectivity index (χ4n) is 1.17. The van der Waals surface area contributed by atoms with Gasteiger partial charge in [-0.1, -0.05) is 13.8 Å². The van der Waals surface area contributed by atoms with Crippen molar-refractivity contribution in [2.24, 2.45) is 0 Å². The first-order chi connectivity index (χ1) is 7.15. The topological polar surface area (TPSA) is 51.5 Å². The van der Waals surface area contributed by atoms with Gasteiger partial charge >= 0.3 is 5.97 Å². The van der Waals surface area contributed by atoms with E-state index >= 15 is 0 Å². The molecule has 0 fully saturated rings. The van der Waals surface area contributed by atoms with Crippen molar-refractivity contribution in [2.75, 3.05) is 6.61 Å². The molecule has 4 nitrogen and oxygen atoms in total. The van der Waals surface area contributed by atoms with Crippen molar-refractivity contribution in [3.05, 3.63) is 23.7 Å². The van der Waals surface area contributed by atoms with E-state index in [4.69, 9.17) is 9.15 Å². The summed E-state index contributed by atoms with van der Waals surface area (Å²) in [5, 5.41) is 3.18. The lowest BCUT2D eigenvalue weighted by molar-refractivity contribution is 0.0523. The zero-order chi connectivity index (χ0) is 11.3. The van der Waals surface area contributed by atoms with Crippen LogP contribution >= 0.6 is 0 Å².